The number of carbonyl (C=O) groups is 2. The van der Waals surface area contributed by atoms with Crippen molar-refractivity contribution in [3.63, 3.8) is 0 Å². The lowest BCUT2D eigenvalue weighted by molar-refractivity contribution is -0.124. The number of methoxy groups -OCH3 is 1. The second-order valence-corrected chi connectivity index (χ2v) is 5.37. The molecule has 1 aliphatic rings. The minimum atomic E-state index is -0.199. The van der Waals surface area contributed by atoms with Gasteiger partial charge in [0, 0.05) is 7.05 Å². The van der Waals surface area contributed by atoms with Gasteiger partial charge in [-0.2, -0.15) is 0 Å². The summed E-state index contributed by atoms with van der Waals surface area (Å²) in [6.45, 7) is 2.98. The van der Waals surface area contributed by atoms with Gasteiger partial charge in [0.1, 0.15) is 5.75 Å². The molecule has 1 amide bonds. The molecular weight excluding hydrogens is 268 g/mol. The number of ether oxygens (including phenoxy) is 1. The number of carbonyl (C=O) groups excluding carboxylic acids is 2. The summed E-state index contributed by atoms with van der Waals surface area (Å²) in [4.78, 5) is 26.3. The molecular formula is C16H22N2O3. The first-order valence-electron chi connectivity index (χ1n) is 7.20. The Labute approximate surface area is 125 Å². The van der Waals surface area contributed by atoms with E-state index in [4.69, 9.17) is 4.74 Å². The number of nitrogens with zero attached hydrogens (tertiary/aromatic N) is 1. The SMILES string of the molecule is CNC(=O)C1CCCN1CC(=O)c1ccc(C)cc1OC. The van der Waals surface area contributed by atoms with E-state index in [9.17, 15) is 9.59 Å². The lowest BCUT2D eigenvalue weighted by Crippen LogP contribution is -2.44. The molecule has 1 N–H and O–H groups in total. The van der Waals surface area contributed by atoms with E-state index in [1.54, 1.807) is 20.2 Å². The molecule has 114 valence electrons. The van der Waals surface area contributed by atoms with Crippen molar-refractivity contribution in [1.82, 2.24) is 10.2 Å². The number of ketones is 1. The number of aryl methyl sites for hydroxylation is 1. The Morgan fingerprint density at radius 2 is 2.19 bits per heavy atom. The highest BCUT2D eigenvalue weighted by Gasteiger charge is 2.31. The molecule has 1 saturated heterocycles. The number of nitrogens with one attached hydrogen (secondary N) is 1. The zero-order valence-electron chi connectivity index (χ0n) is 12.8. The lowest BCUT2D eigenvalue weighted by atomic mass is 10.1. The van der Waals surface area contributed by atoms with Crippen molar-refractivity contribution in [3.8, 4) is 5.75 Å². The molecule has 0 saturated carbocycles. The van der Waals surface area contributed by atoms with Crippen LogP contribution in [0.15, 0.2) is 18.2 Å². The molecule has 0 aromatic heterocycles. The van der Waals surface area contributed by atoms with Crippen LogP contribution in [0.1, 0.15) is 28.8 Å². The minimum absolute atomic E-state index is 0.0114. The van der Waals surface area contributed by atoms with Gasteiger partial charge < -0.3 is 10.1 Å². The molecule has 1 unspecified atom stereocenters. The topological polar surface area (TPSA) is 58.6 Å². The number of amides is 1. The van der Waals surface area contributed by atoms with Gasteiger partial charge >= 0.3 is 0 Å². The fourth-order valence-electron chi connectivity index (χ4n) is 2.78. The Morgan fingerprint density at radius 3 is 2.86 bits per heavy atom. The normalized spacial score (nSPS) is 18.5. The van der Waals surface area contributed by atoms with Gasteiger partial charge in [0.25, 0.3) is 0 Å². The van der Waals surface area contributed by atoms with Gasteiger partial charge in [-0.15, -0.1) is 0 Å². The molecule has 21 heavy (non-hydrogen) atoms. The van der Waals surface area contributed by atoms with E-state index in [0.717, 1.165) is 24.9 Å². The van der Waals surface area contributed by atoms with Crippen LogP contribution in [0.4, 0.5) is 0 Å². The van der Waals surface area contributed by atoms with Crippen molar-refractivity contribution in [2.75, 3.05) is 27.2 Å². The third-order valence-electron chi connectivity index (χ3n) is 3.92. The van der Waals surface area contributed by atoms with Crippen molar-refractivity contribution in [2.45, 2.75) is 25.8 Å². The van der Waals surface area contributed by atoms with Gasteiger partial charge in [-0.1, -0.05) is 6.07 Å². The van der Waals surface area contributed by atoms with Crippen LogP contribution >= 0.6 is 0 Å². The predicted molar refractivity (Wildman–Crippen MR) is 80.7 cm³/mol. The number of Topliss-reactive ketones (excluding diaryl/α,β-unsaturated/α-hetero) is 1. The van der Waals surface area contributed by atoms with Crippen molar-refractivity contribution >= 4 is 11.7 Å². The van der Waals surface area contributed by atoms with E-state index < -0.39 is 0 Å². The van der Waals surface area contributed by atoms with Crippen molar-refractivity contribution in [3.05, 3.63) is 29.3 Å². The van der Waals surface area contributed by atoms with Crippen LogP contribution in [0.3, 0.4) is 0 Å². The maximum absolute atomic E-state index is 12.5. The van der Waals surface area contributed by atoms with Crippen LogP contribution in [-0.2, 0) is 4.79 Å². The Kier molecular flexibility index (Phi) is 4.96. The van der Waals surface area contributed by atoms with E-state index in [0.29, 0.717) is 11.3 Å². The Hall–Kier alpha value is -1.88. The van der Waals surface area contributed by atoms with E-state index in [2.05, 4.69) is 5.32 Å². The monoisotopic (exact) mass is 290 g/mol. The van der Waals surface area contributed by atoms with Crippen molar-refractivity contribution < 1.29 is 14.3 Å². The van der Waals surface area contributed by atoms with E-state index in [1.165, 1.54) is 0 Å². The van der Waals surface area contributed by atoms with Gasteiger partial charge in [-0.25, -0.2) is 0 Å². The maximum Gasteiger partial charge on any atom is 0.237 e. The van der Waals surface area contributed by atoms with Gasteiger partial charge in [0.2, 0.25) is 5.91 Å². The quantitative estimate of drug-likeness (QED) is 0.833. The largest absolute Gasteiger partial charge is 0.496 e. The van der Waals surface area contributed by atoms with E-state index >= 15 is 0 Å². The summed E-state index contributed by atoms with van der Waals surface area (Å²) in [7, 11) is 3.19. The molecule has 5 nitrogen and oxygen atoms in total. The van der Waals surface area contributed by atoms with Crippen LogP contribution < -0.4 is 10.1 Å². The van der Waals surface area contributed by atoms with Gasteiger partial charge in [0.05, 0.1) is 25.3 Å². The second kappa shape index (κ2) is 6.72. The van der Waals surface area contributed by atoms with Gasteiger partial charge in [-0.3, -0.25) is 14.5 Å². The number of rotatable bonds is 5. The standard InChI is InChI=1S/C16H22N2O3/c1-11-6-7-12(15(9-11)21-3)14(19)10-18-8-4-5-13(18)16(20)17-2/h6-7,9,13H,4-5,8,10H2,1-3H3,(H,17,20). The lowest BCUT2D eigenvalue weighted by Gasteiger charge is -2.22. The maximum atomic E-state index is 12.5. The van der Waals surface area contributed by atoms with E-state index in [1.807, 2.05) is 24.0 Å². The first-order valence-corrected chi connectivity index (χ1v) is 7.20. The molecule has 1 atom stereocenters. The summed E-state index contributed by atoms with van der Waals surface area (Å²) >= 11 is 0. The van der Waals surface area contributed by atoms with Crippen molar-refractivity contribution in [1.29, 1.82) is 0 Å². The molecule has 1 aromatic rings. The summed E-state index contributed by atoms with van der Waals surface area (Å²) in [6.07, 6.45) is 1.74. The second-order valence-electron chi connectivity index (χ2n) is 5.37. The fraction of sp³-hybridized carbons (Fsp3) is 0.500. The zero-order chi connectivity index (χ0) is 15.4. The summed E-state index contributed by atoms with van der Waals surface area (Å²) < 4.78 is 5.29. The van der Waals surface area contributed by atoms with Crippen LogP contribution in [0.25, 0.3) is 0 Å². The minimum Gasteiger partial charge on any atom is -0.496 e. The van der Waals surface area contributed by atoms with Crippen LogP contribution in [-0.4, -0.2) is 49.9 Å². The number of hydrogen-bond acceptors (Lipinski definition) is 4. The highest BCUT2D eigenvalue weighted by molar-refractivity contribution is 6.00. The predicted octanol–water partition coefficient (Wildman–Crippen LogP) is 1.40. The molecule has 1 aromatic carbocycles. The highest BCUT2D eigenvalue weighted by atomic mass is 16.5. The average molecular weight is 290 g/mol. The summed E-state index contributed by atoms with van der Waals surface area (Å²) in [5.74, 6) is 0.564. The van der Waals surface area contributed by atoms with Crippen LogP contribution in [0.5, 0.6) is 5.75 Å². The van der Waals surface area contributed by atoms with Crippen LogP contribution in [0.2, 0.25) is 0 Å². The molecule has 0 spiro atoms. The Bertz CT molecular complexity index is 542. The highest BCUT2D eigenvalue weighted by Crippen LogP contribution is 2.23. The van der Waals surface area contributed by atoms with Gasteiger partial charge in [0.15, 0.2) is 5.78 Å². The summed E-state index contributed by atoms with van der Waals surface area (Å²) in [5.41, 5.74) is 1.62. The first-order chi connectivity index (χ1) is 10.1. The van der Waals surface area contributed by atoms with E-state index in [-0.39, 0.29) is 24.3 Å². The summed E-state index contributed by atoms with van der Waals surface area (Å²) in [6, 6.07) is 5.35. The molecule has 1 aliphatic heterocycles. The molecule has 0 bridgehead atoms. The van der Waals surface area contributed by atoms with Gasteiger partial charge in [-0.05, 0) is 44.0 Å². The fourth-order valence-corrected chi connectivity index (χ4v) is 2.78. The smallest absolute Gasteiger partial charge is 0.237 e. The number of benzene rings is 1. The average Bonchev–Trinajstić information content (AvgIpc) is 2.94. The molecule has 0 aliphatic carbocycles. The molecule has 0 radical (unpaired) electrons. The van der Waals surface area contributed by atoms with Crippen LogP contribution in [0, 0.1) is 6.92 Å². The molecule has 5 heteroatoms. The third-order valence-corrected chi connectivity index (χ3v) is 3.92. The third kappa shape index (κ3) is 3.42. The Morgan fingerprint density at radius 1 is 1.43 bits per heavy atom. The number of likely N-dealkylation sites (N-methyl/N-ethyl adjacent to an activating group) is 1. The molecule has 1 heterocycles. The molecule has 2 rings (SSSR count). The first kappa shape index (κ1) is 15.5. The number of likely N-dealkylation sites (tertiary alicyclic amines) is 1. The summed E-state index contributed by atoms with van der Waals surface area (Å²) in [5, 5.41) is 2.66. The number of hydrogen-bond donors (Lipinski definition) is 1. The molecule has 1 fully saturated rings. The van der Waals surface area contributed by atoms with Crippen molar-refractivity contribution in [2.24, 2.45) is 0 Å². The Balaban J connectivity index is 2.12. The zero-order valence-corrected chi connectivity index (χ0v) is 12.8.